The van der Waals surface area contributed by atoms with E-state index in [0.29, 0.717) is 6.42 Å². The van der Waals surface area contributed by atoms with Crippen molar-refractivity contribution in [3.8, 4) is 0 Å². The Labute approximate surface area is 80.4 Å². The maximum Gasteiger partial charge on any atom is 0.221 e. The summed E-state index contributed by atoms with van der Waals surface area (Å²) in [6.07, 6.45) is 3.35. The number of nitrogens with one attached hydrogen (secondary N) is 2. The van der Waals surface area contributed by atoms with Gasteiger partial charge in [-0.1, -0.05) is 0 Å². The summed E-state index contributed by atoms with van der Waals surface area (Å²) in [5.74, 6) is 0.116. The Morgan fingerprint density at radius 3 is 3.15 bits per heavy atom. The smallest absolute Gasteiger partial charge is 0.221 e. The maximum atomic E-state index is 10.9. The highest BCUT2D eigenvalue weighted by atomic mass is 32.1. The van der Waals surface area contributed by atoms with Gasteiger partial charge in [-0.2, -0.15) is 0 Å². The van der Waals surface area contributed by atoms with Crippen molar-refractivity contribution in [1.29, 1.82) is 0 Å². The molecule has 1 saturated heterocycles. The number of amides is 1. The normalized spacial score (nSPS) is 21.6. The number of rotatable bonds is 2. The van der Waals surface area contributed by atoms with Gasteiger partial charge in [-0.05, 0) is 13.3 Å². The molecule has 1 aliphatic heterocycles. The van der Waals surface area contributed by atoms with Gasteiger partial charge >= 0.3 is 0 Å². The molecule has 0 aliphatic carbocycles. The Bertz CT molecular complexity index is 323. The quantitative estimate of drug-likeness (QED) is 0.746. The molecule has 70 valence electrons. The van der Waals surface area contributed by atoms with Crippen LogP contribution in [-0.4, -0.2) is 17.1 Å². The maximum absolute atomic E-state index is 10.9. The molecule has 5 heteroatoms. The first-order valence-electron chi connectivity index (χ1n) is 4.22. The molecular formula is C8H11N3OS. The molecule has 0 spiro atoms. The van der Waals surface area contributed by atoms with Gasteiger partial charge in [-0.3, -0.25) is 4.79 Å². The van der Waals surface area contributed by atoms with Crippen molar-refractivity contribution < 1.29 is 4.79 Å². The molecular weight excluding hydrogens is 186 g/mol. The fourth-order valence-electron chi connectivity index (χ4n) is 1.29. The van der Waals surface area contributed by atoms with Crippen molar-refractivity contribution in [3.05, 3.63) is 11.1 Å². The van der Waals surface area contributed by atoms with E-state index in [-0.39, 0.29) is 12.1 Å². The molecule has 1 fully saturated rings. The Morgan fingerprint density at radius 2 is 2.62 bits per heavy atom. The van der Waals surface area contributed by atoms with Crippen LogP contribution in [-0.2, 0) is 4.79 Å². The summed E-state index contributed by atoms with van der Waals surface area (Å²) in [4.78, 5) is 16.2. The van der Waals surface area contributed by atoms with Crippen LogP contribution in [0.25, 0.3) is 0 Å². The third-order valence-corrected chi connectivity index (χ3v) is 2.76. The second kappa shape index (κ2) is 3.33. The van der Waals surface area contributed by atoms with E-state index in [9.17, 15) is 4.79 Å². The predicted molar refractivity (Wildman–Crippen MR) is 51.6 cm³/mol. The molecule has 1 amide bonds. The van der Waals surface area contributed by atoms with Gasteiger partial charge in [-0.15, -0.1) is 11.3 Å². The minimum Gasteiger partial charge on any atom is -0.341 e. The summed E-state index contributed by atoms with van der Waals surface area (Å²) in [6.45, 7) is 2.01. The molecule has 13 heavy (non-hydrogen) atoms. The minimum atomic E-state index is 0.0676. The highest BCUT2D eigenvalue weighted by Gasteiger charge is 2.20. The molecule has 2 N–H and O–H groups in total. The minimum absolute atomic E-state index is 0.0676. The van der Waals surface area contributed by atoms with E-state index in [1.807, 2.05) is 13.1 Å². The number of anilines is 1. The highest BCUT2D eigenvalue weighted by Crippen LogP contribution is 2.19. The topological polar surface area (TPSA) is 54.0 Å². The number of hydrogen-bond acceptors (Lipinski definition) is 4. The van der Waals surface area contributed by atoms with Gasteiger partial charge in [0.1, 0.15) is 6.17 Å². The van der Waals surface area contributed by atoms with Gasteiger partial charge in [0.15, 0.2) is 5.13 Å². The monoisotopic (exact) mass is 197 g/mol. The molecule has 1 atom stereocenters. The first-order valence-corrected chi connectivity index (χ1v) is 5.04. The third-order valence-electron chi connectivity index (χ3n) is 1.91. The van der Waals surface area contributed by atoms with Crippen molar-refractivity contribution in [1.82, 2.24) is 10.3 Å². The lowest BCUT2D eigenvalue weighted by Crippen LogP contribution is -2.32. The molecule has 2 heterocycles. The predicted octanol–water partition coefficient (Wildman–Crippen LogP) is 1.10. The van der Waals surface area contributed by atoms with Crippen molar-refractivity contribution in [2.24, 2.45) is 0 Å². The lowest BCUT2D eigenvalue weighted by atomic mass is 10.3. The lowest BCUT2D eigenvalue weighted by Gasteiger charge is -2.10. The van der Waals surface area contributed by atoms with E-state index in [1.54, 1.807) is 11.3 Å². The number of aromatic nitrogens is 1. The standard InChI is InChI=1S/C8H11N3OS/c1-5-4-9-8(13-5)11-6-2-3-7(12)10-6/h4,6H,2-3H2,1H3,(H,9,11)(H,10,12). The Balaban J connectivity index is 1.95. The third kappa shape index (κ3) is 1.98. The molecule has 0 aromatic carbocycles. The van der Waals surface area contributed by atoms with Gasteiger partial charge in [-0.25, -0.2) is 4.98 Å². The van der Waals surface area contributed by atoms with Gasteiger partial charge in [0, 0.05) is 17.5 Å². The van der Waals surface area contributed by atoms with Crippen molar-refractivity contribution in [2.75, 3.05) is 5.32 Å². The summed E-state index contributed by atoms with van der Waals surface area (Å²) < 4.78 is 0. The van der Waals surface area contributed by atoms with Gasteiger partial charge in [0.2, 0.25) is 5.91 Å². The Morgan fingerprint density at radius 1 is 1.77 bits per heavy atom. The molecule has 4 nitrogen and oxygen atoms in total. The van der Waals surface area contributed by atoms with Gasteiger partial charge in [0.25, 0.3) is 0 Å². The van der Waals surface area contributed by atoms with Crippen molar-refractivity contribution in [3.63, 3.8) is 0 Å². The van der Waals surface area contributed by atoms with Crippen molar-refractivity contribution >= 4 is 22.4 Å². The molecule has 1 aromatic rings. The fourth-order valence-corrected chi connectivity index (χ4v) is 2.01. The van der Waals surface area contributed by atoms with E-state index < -0.39 is 0 Å². The average molecular weight is 197 g/mol. The number of nitrogens with zero attached hydrogens (tertiary/aromatic N) is 1. The second-order valence-electron chi connectivity index (χ2n) is 3.08. The zero-order valence-corrected chi connectivity index (χ0v) is 8.15. The van der Waals surface area contributed by atoms with Crippen LogP contribution in [0.4, 0.5) is 5.13 Å². The van der Waals surface area contributed by atoms with Crippen LogP contribution in [0.5, 0.6) is 0 Å². The van der Waals surface area contributed by atoms with Crippen molar-refractivity contribution in [2.45, 2.75) is 25.9 Å². The second-order valence-corrected chi connectivity index (χ2v) is 4.31. The van der Waals surface area contributed by atoms with Gasteiger partial charge < -0.3 is 10.6 Å². The molecule has 1 aliphatic rings. The summed E-state index contributed by atoms with van der Waals surface area (Å²) in [5.41, 5.74) is 0. The first-order chi connectivity index (χ1) is 6.24. The summed E-state index contributed by atoms with van der Waals surface area (Å²) in [6, 6.07) is 0. The van der Waals surface area contributed by atoms with E-state index in [4.69, 9.17) is 0 Å². The van der Waals surface area contributed by atoms with Crippen LogP contribution >= 0.6 is 11.3 Å². The fraction of sp³-hybridized carbons (Fsp3) is 0.500. The molecule has 1 unspecified atom stereocenters. The summed E-state index contributed by atoms with van der Waals surface area (Å²) in [7, 11) is 0. The number of thiazole rings is 1. The molecule has 0 bridgehead atoms. The van der Waals surface area contributed by atoms with Crippen LogP contribution in [0.3, 0.4) is 0 Å². The zero-order chi connectivity index (χ0) is 9.26. The molecule has 2 rings (SSSR count). The number of aryl methyl sites for hydroxylation is 1. The molecule has 0 radical (unpaired) electrons. The van der Waals surface area contributed by atoms with E-state index >= 15 is 0 Å². The van der Waals surface area contributed by atoms with Crippen LogP contribution in [0.15, 0.2) is 6.20 Å². The van der Waals surface area contributed by atoms with Crippen LogP contribution in [0.2, 0.25) is 0 Å². The number of carbonyl (C=O) groups excluding carboxylic acids is 1. The van der Waals surface area contributed by atoms with Crippen LogP contribution < -0.4 is 10.6 Å². The van der Waals surface area contributed by atoms with E-state index in [2.05, 4.69) is 15.6 Å². The van der Waals surface area contributed by atoms with Crippen LogP contribution in [0, 0.1) is 6.92 Å². The summed E-state index contributed by atoms with van der Waals surface area (Å²) in [5, 5.41) is 6.88. The highest BCUT2D eigenvalue weighted by molar-refractivity contribution is 7.15. The number of hydrogen-bond donors (Lipinski definition) is 2. The van der Waals surface area contributed by atoms with Gasteiger partial charge in [0.05, 0.1) is 0 Å². The Hall–Kier alpha value is -1.10. The first kappa shape index (κ1) is 8.50. The van der Waals surface area contributed by atoms with Crippen LogP contribution in [0.1, 0.15) is 17.7 Å². The Kier molecular flexibility index (Phi) is 2.18. The number of carbonyl (C=O) groups is 1. The SMILES string of the molecule is Cc1cnc(NC2CCC(=O)N2)s1. The molecule has 1 aromatic heterocycles. The van der Waals surface area contributed by atoms with E-state index in [0.717, 1.165) is 11.6 Å². The lowest BCUT2D eigenvalue weighted by molar-refractivity contribution is -0.119. The zero-order valence-electron chi connectivity index (χ0n) is 7.33. The average Bonchev–Trinajstić information content (AvgIpc) is 2.62. The molecule has 0 saturated carbocycles. The van der Waals surface area contributed by atoms with E-state index in [1.165, 1.54) is 4.88 Å². The largest absolute Gasteiger partial charge is 0.341 e. The summed E-state index contributed by atoms with van der Waals surface area (Å²) >= 11 is 1.60.